The van der Waals surface area contributed by atoms with Gasteiger partial charge in [-0.25, -0.2) is 8.42 Å². The zero-order valence-corrected chi connectivity index (χ0v) is 16.5. The van der Waals surface area contributed by atoms with Crippen molar-refractivity contribution in [3.05, 3.63) is 54.1 Å². The van der Waals surface area contributed by atoms with Crippen LogP contribution in [0.25, 0.3) is 0 Å². The Labute approximate surface area is 168 Å². The van der Waals surface area contributed by atoms with E-state index >= 15 is 0 Å². The average molecular weight is 424 g/mol. The van der Waals surface area contributed by atoms with Crippen LogP contribution in [-0.4, -0.2) is 38.3 Å². The van der Waals surface area contributed by atoms with Gasteiger partial charge in [0.15, 0.2) is 0 Å². The predicted octanol–water partition coefficient (Wildman–Crippen LogP) is 4.11. The first-order valence-corrected chi connectivity index (χ1v) is 10.8. The van der Waals surface area contributed by atoms with E-state index in [2.05, 4.69) is 10.1 Å². The lowest BCUT2D eigenvalue weighted by molar-refractivity contribution is -0.0493. The van der Waals surface area contributed by atoms with Gasteiger partial charge in [0, 0.05) is 18.7 Å². The molecule has 0 bridgehead atoms. The SMILES string of the molecule is O=C(Nc1ccccc1OC(F)F)c1cccc(S(=O)(=O)N2CCCCCC2)c1. The van der Waals surface area contributed by atoms with Crippen LogP contribution in [0.3, 0.4) is 0 Å². The maximum Gasteiger partial charge on any atom is 0.387 e. The van der Waals surface area contributed by atoms with Crippen LogP contribution < -0.4 is 10.1 Å². The number of alkyl halides is 2. The second-order valence-corrected chi connectivity index (χ2v) is 8.61. The molecule has 6 nitrogen and oxygen atoms in total. The van der Waals surface area contributed by atoms with Gasteiger partial charge in [0.2, 0.25) is 10.0 Å². The molecule has 2 aromatic carbocycles. The Bertz CT molecular complexity index is 958. The number of hydrogen-bond donors (Lipinski definition) is 1. The largest absolute Gasteiger partial charge is 0.433 e. The number of carbonyl (C=O) groups excluding carboxylic acids is 1. The number of sulfonamides is 1. The molecular weight excluding hydrogens is 402 g/mol. The van der Waals surface area contributed by atoms with Gasteiger partial charge in [-0.1, -0.05) is 31.0 Å². The van der Waals surface area contributed by atoms with Crippen molar-refractivity contribution >= 4 is 21.6 Å². The van der Waals surface area contributed by atoms with Gasteiger partial charge in [-0.15, -0.1) is 0 Å². The van der Waals surface area contributed by atoms with E-state index in [4.69, 9.17) is 0 Å². The standard InChI is InChI=1S/C20H22F2N2O4S/c21-20(22)28-18-11-4-3-10-17(18)23-19(25)15-8-7-9-16(14-15)29(26,27)24-12-5-1-2-6-13-24/h3-4,7-11,14,20H,1-2,5-6,12-13H2,(H,23,25). The Morgan fingerprint density at radius 3 is 2.38 bits per heavy atom. The summed E-state index contributed by atoms with van der Waals surface area (Å²) in [5, 5.41) is 2.49. The summed E-state index contributed by atoms with van der Waals surface area (Å²) in [5.41, 5.74) is 0.173. The molecule has 3 rings (SSSR count). The van der Waals surface area contributed by atoms with E-state index in [0.29, 0.717) is 13.1 Å². The molecule has 0 radical (unpaired) electrons. The van der Waals surface area contributed by atoms with Crippen molar-refractivity contribution in [3.8, 4) is 5.75 Å². The lowest BCUT2D eigenvalue weighted by Gasteiger charge is -2.20. The Morgan fingerprint density at radius 2 is 1.69 bits per heavy atom. The molecule has 0 saturated carbocycles. The third kappa shape index (κ3) is 5.30. The van der Waals surface area contributed by atoms with Gasteiger partial charge in [-0.2, -0.15) is 13.1 Å². The van der Waals surface area contributed by atoms with Crippen molar-refractivity contribution in [1.29, 1.82) is 0 Å². The molecule has 1 aliphatic heterocycles. The fourth-order valence-corrected chi connectivity index (χ4v) is 4.76. The van der Waals surface area contributed by atoms with E-state index in [9.17, 15) is 22.0 Å². The fourth-order valence-electron chi connectivity index (χ4n) is 3.19. The number of carbonyl (C=O) groups is 1. The monoisotopic (exact) mass is 424 g/mol. The van der Waals surface area contributed by atoms with Gasteiger partial charge in [-0.05, 0) is 43.2 Å². The first-order chi connectivity index (χ1) is 13.9. The molecule has 0 aliphatic carbocycles. The van der Waals surface area contributed by atoms with E-state index in [1.807, 2.05) is 0 Å². The number of nitrogens with one attached hydrogen (secondary N) is 1. The molecule has 0 aromatic heterocycles. The van der Waals surface area contributed by atoms with Crippen LogP contribution in [0.1, 0.15) is 36.0 Å². The lowest BCUT2D eigenvalue weighted by atomic mass is 10.2. The van der Waals surface area contributed by atoms with Gasteiger partial charge in [-0.3, -0.25) is 4.79 Å². The summed E-state index contributed by atoms with van der Waals surface area (Å²) >= 11 is 0. The molecule has 9 heteroatoms. The van der Waals surface area contributed by atoms with E-state index < -0.39 is 22.5 Å². The van der Waals surface area contributed by atoms with Crippen LogP contribution in [0.15, 0.2) is 53.4 Å². The molecular formula is C20H22F2N2O4S. The molecule has 1 heterocycles. The lowest BCUT2D eigenvalue weighted by Crippen LogP contribution is -2.32. The van der Waals surface area contributed by atoms with Crippen LogP contribution in [0.5, 0.6) is 5.75 Å². The molecule has 2 aromatic rings. The minimum absolute atomic E-state index is 0.0316. The maximum atomic E-state index is 12.9. The molecule has 0 atom stereocenters. The number of benzene rings is 2. The minimum Gasteiger partial charge on any atom is -0.433 e. The van der Waals surface area contributed by atoms with Crippen LogP contribution >= 0.6 is 0 Å². The number of halogens is 2. The number of hydrogen-bond acceptors (Lipinski definition) is 4. The van der Waals surface area contributed by atoms with Gasteiger partial charge >= 0.3 is 6.61 Å². The summed E-state index contributed by atoms with van der Waals surface area (Å²) in [7, 11) is -3.71. The molecule has 1 amide bonds. The van der Waals surface area contributed by atoms with E-state index in [-0.39, 0.29) is 21.9 Å². The number of ether oxygens (including phenoxy) is 1. The highest BCUT2D eigenvalue weighted by Gasteiger charge is 2.26. The smallest absolute Gasteiger partial charge is 0.387 e. The zero-order valence-electron chi connectivity index (χ0n) is 15.7. The van der Waals surface area contributed by atoms with Gasteiger partial charge in [0.1, 0.15) is 5.75 Å². The molecule has 1 N–H and O–H groups in total. The molecule has 1 fully saturated rings. The number of anilines is 1. The second kappa shape index (κ2) is 9.32. The first kappa shape index (κ1) is 21.2. The third-order valence-corrected chi connectivity index (χ3v) is 6.54. The van der Waals surface area contributed by atoms with Crippen molar-refractivity contribution in [3.63, 3.8) is 0 Å². The molecule has 1 aliphatic rings. The zero-order chi connectivity index (χ0) is 20.9. The number of rotatable bonds is 6. The molecule has 29 heavy (non-hydrogen) atoms. The molecule has 0 spiro atoms. The summed E-state index contributed by atoms with van der Waals surface area (Å²) in [6, 6.07) is 11.5. The average Bonchev–Trinajstić information content (AvgIpc) is 2.99. The Hall–Kier alpha value is -2.52. The summed E-state index contributed by atoms with van der Waals surface area (Å²) in [5.74, 6) is -0.799. The highest BCUT2D eigenvalue weighted by atomic mass is 32.2. The van der Waals surface area contributed by atoms with E-state index in [0.717, 1.165) is 25.7 Å². The maximum absolute atomic E-state index is 12.9. The van der Waals surface area contributed by atoms with Gasteiger partial charge < -0.3 is 10.1 Å². The summed E-state index contributed by atoms with van der Waals surface area (Å²) in [6.07, 6.45) is 3.60. The van der Waals surface area contributed by atoms with Crippen LogP contribution in [0.4, 0.5) is 14.5 Å². The highest BCUT2D eigenvalue weighted by molar-refractivity contribution is 7.89. The summed E-state index contributed by atoms with van der Waals surface area (Å²) in [4.78, 5) is 12.6. The Morgan fingerprint density at radius 1 is 1.00 bits per heavy atom. The highest BCUT2D eigenvalue weighted by Crippen LogP contribution is 2.27. The number of para-hydroxylation sites is 2. The third-order valence-electron chi connectivity index (χ3n) is 4.65. The second-order valence-electron chi connectivity index (χ2n) is 6.67. The van der Waals surface area contributed by atoms with Gasteiger partial charge in [0.25, 0.3) is 5.91 Å². The van der Waals surface area contributed by atoms with Crippen LogP contribution in [-0.2, 0) is 10.0 Å². The van der Waals surface area contributed by atoms with Crippen molar-refractivity contribution < 1.29 is 26.7 Å². The molecule has 0 unspecified atom stereocenters. The molecule has 156 valence electrons. The number of nitrogens with zero attached hydrogens (tertiary/aromatic N) is 1. The Balaban J connectivity index is 1.81. The van der Waals surface area contributed by atoms with Crippen molar-refractivity contribution in [2.24, 2.45) is 0 Å². The first-order valence-electron chi connectivity index (χ1n) is 9.33. The number of amides is 1. The van der Waals surface area contributed by atoms with Crippen molar-refractivity contribution in [2.75, 3.05) is 18.4 Å². The summed E-state index contributed by atoms with van der Waals surface area (Å²) < 4.78 is 56.8. The quantitative estimate of drug-likeness (QED) is 0.757. The molecule has 1 saturated heterocycles. The van der Waals surface area contributed by atoms with Crippen molar-refractivity contribution in [2.45, 2.75) is 37.2 Å². The van der Waals surface area contributed by atoms with Crippen LogP contribution in [0.2, 0.25) is 0 Å². The van der Waals surface area contributed by atoms with Crippen LogP contribution in [0, 0.1) is 0 Å². The topological polar surface area (TPSA) is 75.7 Å². The minimum atomic E-state index is -3.71. The normalized spacial score (nSPS) is 15.7. The predicted molar refractivity (Wildman–Crippen MR) is 105 cm³/mol. The Kier molecular flexibility index (Phi) is 6.81. The fraction of sp³-hybridized carbons (Fsp3) is 0.350. The van der Waals surface area contributed by atoms with E-state index in [1.165, 1.54) is 46.8 Å². The summed E-state index contributed by atoms with van der Waals surface area (Å²) in [6.45, 7) is -2.12. The van der Waals surface area contributed by atoms with E-state index in [1.54, 1.807) is 6.07 Å². The van der Waals surface area contributed by atoms with Crippen molar-refractivity contribution in [1.82, 2.24) is 4.31 Å². The van der Waals surface area contributed by atoms with Gasteiger partial charge in [0.05, 0.1) is 10.6 Å².